The average molecular weight is 252 g/mol. The Morgan fingerprint density at radius 1 is 1.56 bits per heavy atom. The molecular formula is C13H20N2O3. The highest BCUT2D eigenvalue weighted by molar-refractivity contribution is 5.82. The molecule has 1 amide bonds. The van der Waals surface area contributed by atoms with E-state index >= 15 is 0 Å². The topological polar surface area (TPSA) is 58.6 Å². The van der Waals surface area contributed by atoms with E-state index in [9.17, 15) is 9.59 Å². The number of likely N-dealkylation sites (tertiary alicyclic amines) is 1. The second-order valence-electron chi connectivity index (χ2n) is 4.66. The Morgan fingerprint density at radius 2 is 2.22 bits per heavy atom. The third-order valence-corrected chi connectivity index (χ3v) is 3.44. The highest BCUT2D eigenvalue weighted by atomic mass is 16.5. The maximum Gasteiger partial charge on any atom is 0.310 e. The van der Waals surface area contributed by atoms with Crippen LogP contribution in [0.4, 0.5) is 0 Å². The van der Waals surface area contributed by atoms with Crippen molar-refractivity contribution in [2.24, 2.45) is 11.8 Å². The highest BCUT2D eigenvalue weighted by Crippen LogP contribution is 2.25. The first-order valence-electron chi connectivity index (χ1n) is 6.04. The normalized spacial score (nSPS) is 25.2. The van der Waals surface area contributed by atoms with Gasteiger partial charge < -0.3 is 10.1 Å². The van der Waals surface area contributed by atoms with Crippen molar-refractivity contribution >= 4 is 11.9 Å². The SMILES string of the molecule is C#CCNC(=O)C(C)N1CC(C)C(C(=O)OC)C1. The standard InChI is InChI=1S/C13H20N2O3/c1-5-6-14-12(16)10(3)15-7-9(2)11(8-15)13(17)18-4/h1,9-11H,6-8H2,2-4H3,(H,14,16). The van der Waals surface area contributed by atoms with Crippen LogP contribution in [0, 0.1) is 24.2 Å². The van der Waals surface area contributed by atoms with E-state index in [2.05, 4.69) is 11.2 Å². The van der Waals surface area contributed by atoms with Gasteiger partial charge >= 0.3 is 5.97 Å². The zero-order valence-corrected chi connectivity index (χ0v) is 11.1. The van der Waals surface area contributed by atoms with Crippen molar-refractivity contribution in [3.63, 3.8) is 0 Å². The Bertz CT molecular complexity index is 362. The largest absolute Gasteiger partial charge is 0.469 e. The number of nitrogens with zero attached hydrogens (tertiary/aromatic N) is 1. The van der Waals surface area contributed by atoms with Crippen molar-refractivity contribution in [3.05, 3.63) is 0 Å². The van der Waals surface area contributed by atoms with Gasteiger partial charge in [0, 0.05) is 13.1 Å². The van der Waals surface area contributed by atoms with Gasteiger partial charge in [0.15, 0.2) is 0 Å². The van der Waals surface area contributed by atoms with Gasteiger partial charge in [-0.2, -0.15) is 0 Å². The van der Waals surface area contributed by atoms with Gasteiger partial charge in [-0.15, -0.1) is 6.42 Å². The lowest BCUT2D eigenvalue weighted by molar-refractivity contribution is -0.146. The number of nitrogens with one attached hydrogen (secondary N) is 1. The van der Waals surface area contributed by atoms with Crippen molar-refractivity contribution in [1.29, 1.82) is 0 Å². The Balaban J connectivity index is 2.57. The molecule has 1 saturated heterocycles. The summed E-state index contributed by atoms with van der Waals surface area (Å²) < 4.78 is 4.77. The van der Waals surface area contributed by atoms with E-state index in [1.165, 1.54) is 7.11 Å². The minimum atomic E-state index is -0.282. The van der Waals surface area contributed by atoms with Gasteiger partial charge in [0.2, 0.25) is 5.91 Å². The van der Waals surface area contributed by atoms with Gasteiger partial charge in [0.05, 0.1) is 25.6 Å². The third-order valence-electron chi connectivity index (χ3n) is 3.44. The predicted molar refractivity (Wildman–Crippen MR) is 67.5 cm³/mol. The predicted octanol–water partition coefficient (Wildman–Crippen LogP) is -0.135. The molecule has 0 spiro atoms. The Morgan fingerprint density at radius 3 is 2.78 bits per heavy atom. The van der Waals surface area contributed by atoms with Crippen molar-refractivity contribution < 1.29 is 14.3 Å². The molecule has 0 aromatic heterocycles. The molecule has 5 nitrogen and oxygen atoms in total. The second kappa shape index (κ2) is 6.41. The maximum atomic E-state index is 11.8. The quantitative estimate of drug-likeness (QED) is 0.559. The van der Waals surface area contributed by atoms with E-state index in [1.807, 2.05) is 18.7 Å². The Labute approximate surface area is 108 Å². The van der Waals surface area contributed by atoms with Crippen LogP contribution in [-0.4, -0.2) is 49.6 Å². The van der Waals surface area contributed by atoms with Crippen molar-refractivity contribution in [1.82, 2.24) is 10.2 Å². The monoisotopic (exact) mass is 252 g/mol. The van der Waals surface area contributed by atoms with Gasteiger partial charge in [-0.1, -0.05) is 12.8 Å². The van der Waals surface area contributed by atoms with Crippen molar-refractivity contribution in [3.8, 4) is 12.3 Å². The van der Waals surface area contributed by atoms with E-state index < -0.39 is 0 Å². The fourth-order valence-electron chi connectivity index (χ4n) is 2.23. The summed E-state index contributed by atoms with van der Waals surface area (Å²) in [6, 6.07) is -0.282. The van der Waals surface area contributed by atoms with Crippen LogP contribution in [0.1, 0.15) is 13.8 Å². The van der Waals surface area contributed by atoms with Crippen LogP contribution in [0.3, 0.4) is 0 Å². The summed E-state index contributed by atoms with van der Waals surface area (Å²) in [6.07, 6.45) is 5.09. The number of esters is 1. The molecular weight excluding hydrogens is 232 g/mol. The van der Waals surface area contributed by atoms with Crippen LogP contribution < -0.4 is 5.32 Å². The number of hydrogen-bond acceptors (Lipinski definition) is 4. The first-order chi connectivity index (χ1) is 8.51. The molecule has 5 heteroatoms. The van der Waals surface area contributed by atoms with Gasteiger partial charge in [-0.05, 0) is 12.8 Å². The molecule has 1 heterocycles. The molecule has 1 rings (SSSR count). The fourth-order valence-corrected chi connectivity index (χ4v) is 2.23. The number of terminal acetylenes is 1. The van der Waals surface area contributed by atoms with E-state index in [0.29, 0.717) is 13.1 Å². The zero-order chi connectivity index (χ0) is 13.7. The van der Waals surface area contributed by atoms with Crippen molar-refractivity contribution in [2.75, 3.05) is 26.7 Å². The number of carbonyl (C=O) groups is 2. The molecule has 1 N–H and O–H groups in total. The number of ether oxygens (including phenoxy) is 1. The minimum Gasteiger partial charge on any atom is -0.469 e. The fraction of sp³-hybridized carbons (Fsp3) is 0.692. The molecule has 18 heavy (non-hydrogen) atoms. The molecule has 0 aromatic carbocycles. The minimum absolute atomic E-state index is 0.106. The van der Waals surface area contributed by atoms with E-state index in [-0.39, 0.29) is 36.3 Å². The number of rotatable bonds is 4. The van der Waals surface area contributed by atoms with Gasteiger partial charge in [0.25, 0.3) is 0 Å². The summed E-state index contributed by atoms with van der Waals surface area (Å²) in [6.45, 7) is 5.31. The summed E-state index contributed by atoms with van der Waals surface area (Å²) >= 11 is 0. The molecule has 1 aliphatic heterocycles. The third kappa shape index (κ3) is 3.23. The van der Waals surface area contributed by atoms with E-state index in [4.69, 9.17) is 11.2 Å². The van der Waals surface area contributed by atoms with E-state index in [0.717, 1.165) is 0 Å². The summed E-state index contributed by atoms with van der Waals surface area (Å²) in [5.74, 6) is 2.09. The van der Waals surface area contributed by atoms with Crippen LogP contribution in [0.2, 0.25) is 0 Å². The summed E-state index contributed by atoms with van der Waals surface area (Å²) in [5, 5.41) is 2.65. The van der Waals surface area contributed by atoms with Crippen LogP contribution in [-0.2, 0) is 14.3 Å². The average Bonchev–Trinajstić information content (AvgIpc) is 2.76. The molecule has 3 unspecified atom stereocenters. The first kappa shape index (κ1) is 14.5. The van der Waals surface area contributed by atoms with Crippen LogP contribution in [0.25, 0.3) is 0 Å². The van der Waals surface area contributed by atoms with Gasteiger partial charge in [-0.25, -0.2) is 0 Å². The maximum absolute atomic E-state index is 11.8. The lowest BCUT2D eigenvalue weighted by Gasteiger charge is -2.22. The summed E-state index contributed by atoms with van der Waals surface area (Å²) in [7, 11) is 1.39. The van der Waals surface area contributed by atoms with Crippen LogP contribution in [0.15, 0.2) is 0 Å². The molecule has 0 saturated carbocycles. The number of methoxy groups -OCH3 is 1. The molecule has 3 atom stereocenters. The Hall–Kier alpha value is -1.54. The number of amides is 1. The second-order valence-corrected chi connectivity index (χ2v) is 4.66. The van der Waals surface area contributed by atoms with Crippen molar-refractivity contribution in [2.45, 2.75) is 19.9 Å². The molecule has 0 aromatic rings. The Kier molecular flexibility index (Phi) is 5.17. The number of hydrogen-bond donors (Lipinski definition) is 1. The van der Waals surface area contributed by atoms with Crippen LogP contribution in [0.5, 0.6) is 0 Å². The van der Waals surface area contributed by atoms with Crippen LogP contribution >= 0.6 is 0 Å². The zero-order valence-electron chi connectivity index (χ0n) is 11.1. The molecule has 0 radical (unpaired) electrons. The summed E-state index contributed by atoms with van der Waals surface area (Å²) in [5.41, 5.74) is 0. The molecule has 1 fully saturated rings. The number of carbonyl (C=O) groups excluding carboxylic acids is 2. The lowest BCUT2D eigenvalue weighted by Crippen LogP contribution is -2.44. The molecule has 0 aliphatic carbocycles. The summed E-state index contributed by atoms with van der Waals surface area (Å²) in [4.78, 5) is 25.3. The van der Waals surface area contributed by atoms with Gasteiger partial charge in [0.1, 0.15) is 0 Å². The van der Waals surface area contributed by atoms with Gasteiger partial charge in [-0.3, -0.25) is 14.5 Å². The first-order valence-corrected chi connectivity index (χ1v) is 6.04. The van der Waals surface area contributed by atoms with E-state index in [1.54, 1.807) is 0 Å². The molecule has 100 valence electrons. The molecule has 1 aliphatic rings. The smallest absolute Gasteiger partial charge is 0.310 e. The lowest BCUT2D eigenvalue weighted by atomic mass is 9.99. The molecule has 0 bridgehead atoms. The highest BCUT2D eigenvalue weighted by Gasteiger charge is 2.38.